The molecule has 0 spiro atoms. The molecule has 1 aromatic heterocycles. The molecule has 7 heteroatoms. The predicted molar refractivity (Wildman–Crippen MR) is 101 cm³/mol. The highest BCUT2D eigenvalue weighted by Gasteiger charge is 2.12. The molecule has 0 aliphatic carbocycles. The lowest BCUT2D eigenvalue weighted by molar-refractivity contribution is -0.128. The number of carbonyl (C=O) groups is 1. The number of esters is 1. The standard InChI is InChI=1S/C20H20N2O5/c1-22-12-21-15-11-14(6-7-16(15)22)27-19(23)8-5-13-9-17(24-2)20(26-4)18(10-13)25-3/h5-12H,1-4H3/b8-5+. The van der Waals surface area contributed by atoms with Crippen molar-refractivity contribution in [2.75, 3.05) is 21.3 Å². The minimum absolute atomic E-state index is 0.431. The van der Waals surface area contributed by atoms with Gasteiger partial charge in [-0.1, -0.05) is 0 Å². The molecule has 140 valence electrons. The van der Waals surface area contributed by atoms with Gasteiger partial charge in [0, 0.05) is 19.2 Å². The number of carbonyl (C=O) groups excluding carboxylic acids is 1. The predicted octanol–water partition coefficient (Wildman–Crippen LogP) is 3.22. The van der Waals surface area contributed by atoms with Gasteiger partial charge in [0.05, 0.1) is 38.7 Å². The number of nitrogens with zero attached hydrogens (tertiary/aromatic N) is 2. The van der Waals surface area contributed by atoms with Crippen LogP contribution in [-0.2, 0) is 11.8 Å². The van der Waals surface area contributed by atoms with E-state index in [-0.39, 0.29) is 0 Å². The quantitative estimate of drug-likeness (QED) is 0.378. The summed E-state index contributed by atoms with van der Waals surface area (Å²) in [5.74, 6) is 1.43. The summed E-state index contributed by atoms with van der Waals surface area (Å²) in [4.78, 5) is 16.4. The van der Waals surface area contributed by atoms with Crippen molar-refractivity contribution in [2.45, 2.75) is 0 Å². The Bertz CT molecular complexity index is 982. The van der Waals surface area contributed by atoms with Gasteiger partial charge in [-0.25, -0.2) is 9.78 Å². The molecule has 27 heavy (non-hydrogen) atoms. The molecule has 7 nitrogen and oxygen atoms in total. The van der Waals surface area contributed by atoms with Crippen molar-refractivity contribution in [3.8, 4) is 23.0 Å². The van der Waals surface area contributed by atoms with Crippen LogP contribution in [-0.4, -0.2) is 36.8 Å². The maximum absolute atomic E-state index is 12.1. The van der Waals surface area contributed by atoms with Crippen LogP contribution in [0.3, 0.4) is 0 Å². The fourth-order valence-corrected chi connectivity index (χ4v) is 2.69. The molecule has 0 saturated heterocycles. The number of fused-ring (bicyclic) bond motifs is 1. The highest BCUT2D eigenvalue weighted by atomic mass is 16.5. The minimum atomic E-state index is -0.501. The zero-order valence-electron chi connectivity index (χ0n) is 15.6. The van der Waals surface area contributed by atoms with Crippen molar-refractivity contribution in [1.82, 2.24) is 9.55 Å². The monoisotopic (exact) mass is 368 g/mol. The van der Waals surface area contributed by atoms with Crippen molar-refractivity contribution in [3.05, 3.63) is 48.3 Å². The van der Waals surface area contributed by atoms with E-state index in [0.29, 0.717) is 28.6 Å². The molecule has 3 rings (SSSR count). The first kappa shape index (κ1) is 18.3. The molecule has 0 amide bonds. The number of aromatic nitrogens is 2. The van der Waals surface area contributed by atoms with E-state index in [9.17, 15) is 4.79 Å². The summed E-state index contributed by atoms with van der Waals surface area (Å²) in [7, 11) is 6.51. The first-order valence-electron chi connectivity index (χ1n) is 8.16. The van der Waals surface area contributed by atoms with Gasteiger partial charge < -0.3 is 23.5 Å². The summed E-state index contributed by atoms with van der Waals surface area (Å²) in [6.45, 7) is 0. The Hall–Kier alpha value is -3.48. The lowest BCUT2D eigenvalue weighted by Crippen LogP contribution is -2.03. The summed E-state index contributed by atoms with van der Waals surface area (Å²) in [6.07, 6.45) is 4.66. The second-order valence-corrected chi connectivity index (χ2v) is 5.72. The second-order valence-electron chi connectivity index (χ2n) is 5.72. The van der Waals surface area contributed by atoms with Crippen molar-refractivity contribution in [2.24, 2.45) is 7.05 Å². The van der Waals surface area contributed by atoms with Crippen molar-refractivity contribution >= 4 is 23.1 Å². The van der Waals surface area contributed by atoms with Gasteiger partial charge >= 0.3 is 5.97 Å². The molecular weight excluding hydrogens is 348 g/mol. The van der Waals surface area contributed by atoms with Crippen LogP contribution in [0.1, 0.15) is 5.56 Å². The van der Waals surface area contributed by atoms with Gasteiger partial charge in [0.15, 0.2) is 11.5 Å². The van der Waals surface area contributed by atoms with Gasteiger partial charge in [-0.15, -0.1) is 0 Å². The van der Waals surface area contributed by atoms with Crippen LogP contribution < -0.4 is 18.9 Å². The van der Waals surface area contributed by atoms with E-state index < -0.39 is 5.97 Å². The lowest BCUT2D eigenvalue weighted by atomic mass is 10.1. The maximum atomic E-state index is 12.1. The fourth-order valence-electron chi connectivity index (χ4n) is 2.69. The number of rotatable bonds is 6. The van der Waals surface area contributed by atoms with Crippen LogP contribution in [0.2, 0.25) is 0 Å². The van der Waals surface area contributed by atoms with Crippen molar-refractivity contribution in [1.29, 1.82) is 0 Å². The first-order valence-corrected chi connectivity index (χ1v) is 8.16. The van der Waals surface area contributed by atoms with Gasteiger partial charge in [0.25, 0.3) is 0 Å². The number of ether oxygens (including phenoxy) is 4. The van der Waals surface area contributed by atoms with Gasteiger partial charge in [-0.3, -0.25) is 0 Å². The van der Waals surface area contributed by atoms with Crippen molar-refractivity contribution < 1.29 is 23.7 Å². The topological polar surface area (TPSA) is 71.8 Å². The van der Waals surface area contributed by atoms with E-state index in [1.54, 1.807) is 36.7 Å². The molecule has 0 fully saturated rings. The molecule has 1 heterocycles. The summed E-state index contributed by atoms with van der Waals surface area (Å²) in [5.41, 5.74) is 2.43. The number of aryl methyl sites for hydroxylation is 1. The Kier molecular flexibility index (Phi) is 5.30. The van der Waals surface area contributed by atoms with Crippen LogP contribution in [0.25, 0.3) is 17.1 Å². The Morgan fingerprint density at radius 3 is 2.37 bits per heavy atom. The minimum Gasteiger partial charge on any atom is -0.493 e. The van der Waals surface area contributed by atoms with Crippen LogP contribution in [0, 0.1) is 0 Å². The zero-order valence-corrected chi connectivity index (χ0v) is 15.6. The number of hydrogen-bond acceptors (Lipinski definition) is 6. The molecule has 2 aromatic carbocycles. The molecule has 0 aliphatic rings. The van der Waals surface area contributed by atoms with E-state index in [2.05, 4.69) is 4.98 Å². The first-order chi connectivity index (χ1) is 13.0. The van der Waals surface area contributed by atoms with Gasteiger partial charge in [0.1, 0.15) is 5.75 Å². The van der Waals surface area contributed by atoms with E-state index in [1.807, 2.05) is 17.7 Å². The summed E-state index contributed by atoms with van der Waals surface area (Å²) in [5, 5.41) is 0. The van der Waals surface area contributed by atoms with Crippen LogP contribution in [0.15, 0.2) is 42.7 Å². The molecular formula is C20H20N2O5. The average molecular weight is 368 g/mol. The molecule has 3 aromatic rings. The molecule has 0 aliphatic heterocycles. The Labute approximate surface area is 156 Å². The van der Waals surface area contributed by atoms with Gasteiger partial charge in [0.2, 0.25) is 5.75 Å². The Balaban J connectivity index is 1.77. The van der Waals surface area contributed by atoms with E-state index in [1.165, 1.54) is 27.4 Å². The Morgan fingerprint density at radius 2 is 1.74 bits per heavy atom. The smallest absolute Gasteiger partial charge is 0.336 e. The molecule has 0 bridgehead atoms. The normalized spacial score (nSPS) is 11.0. The largest absolute Gasteiger partial charge is 0.493 e. The van der Waals surface area contributed by atoms with Gasteiger partial charge in [-0.2, -0.15) is 0 Å². The third-order valence-corrected chi connectivity index (χ3v) is 4.01. The summed E-state index contributed by atoms with van der Waals surface area (Å²) in [6, 6.07) is 8.79. The third kappa shape index (κ3) is 3.87. The number of methoxy groups -OCH3 is 3. The average Bonchev–Trinajstić information content (AvgIpc) is 3.05. The molecule has 0 N–H and O–H groups in total. The highest BCUT2D eigenvalue weighted by Crippen LogP contribution is 2.38. The molecule has 0 radical (unpaired) electrons. The van der Waals surface area contributed by atoms with Crippen LogP contribution in [0.4, 0.5) is 0 Å². The SMILES string of the molecule is COc1cc(/C=C/C(=O)Oc2ccc3c(c2)ncn3C)cc(OC)c1OC. The summed E-state index contributed by atoms with van der Waals surface area (Å²) >= 11 is 0. The Morgan fingerprint density at radius 1 is 1.04 bits per heavy atom. The third-order valence-electron chi connectivity index (χ3n) is 4.01. The molecule has 0 unspecified atom stereocenters. The lowest BCUT2D eigenvalue weighted by Gasteiger charge is -2.12. The molecule has 0 atom stereocenters. The van der Waals surface area contributed by atoms with E-state index >= 15 is 0 Å². The number of hydrogen-bond donors (Lipinski definition) is 0. The number of benzene rings is 2. The van der Waals surface area contributed by atoms with E-state index in [4.69, 9.17) is 18.9 Å². The zero-order chi connectivity index (χ0) is 19.4. The van der Waals surface area contributed by atoms with E-state index in [0.717, 1.165) is 11.0 Å². The number of imidazole rings is 1. The molecule has 0 saturated carbocycles. The maximum Gasteiger partial charge on any atom is 0.336 e. The highest BCUT2D eigenvalue weighted by molar-refractivity contribution is 5.89. The van der Waals surface area contributed by atoms with Gasteiger partial charge in [-0.05, 0) is 35.9 Å². The summed E-state index contributed by atoms with van der Waals surface area (Å²) < 4.78 is 23.1. The fraction of sp³-hybridized carbons (Fsp3) is 0.200. The van der Waals surface area contributed by atoms with Crippen LogP contribution in [0.5, 0.6) is 23.0 Å². The second kappa shape index (κ2) is 7.82. The van der Waals surface area contributed by atoms with Crippen LogP contribution >= 0.6 is 0 Å². The van der Waals surface area contributed by atoms with Crippen molar-refractivity contribution in [3.63, 3.8) is 0 Å².